The zero-order valence-corrected chi connectivity index (χ0v) is 16.3. The van der Waals surface area contributed by atoms with Crippen LogP contribution in [-0.4, -0.2) is 34.6 Å². The normalized spacial score (nSPS) is 10.4. The number of benzene rings is 2. The smallest absolute Gasteiger partial charge is 0.328 e. The molecule has 9 heteroatoms. The highest BCUT2D eigenvalue weighted by Crippen LogP contribution is 2.22. The number of carbonyl (C=O) groups excluding carboxylic acids is 3. The summed E-state index contributed by atoms with van der Waals surface area (Å²) in [6.07, 6.45) is 1.67. The first-order valence-corrected chi connectivity index (χ1v) is 9.43. The van der Waals surface area contributed by atoms with E-state index in [-0.39, 0.29) is 17.6 Å². The van der Waals surface area contributed by atoms with Gasteiger partial charge in [-0.05, 0) is 42.5 Å². The molecule has 4 N–H and O–H groups in total. The molecule has 0 atom stereocenters. The minimum absolute atomic E-state index is 0.157. The lowest BCUT2D eigenvalue weighted by atomic mass is 10.3. The van der Waals surface area contributed by atoms with E-state index in [2.05, 4.69) is 16.0 Å². The van der Waals surface area contributed by atoms with Crippen molar-refractivity contribution in [3.63, 3.8) is 0 Å². The molecule has 150 valence electrons. The van der Waals surface area contributed by atoms with Crippen molar-refractivity contribution in [3.8, 4) is 0 Å². The van der Waals surface area contributed by atoms with Crippen molar-refractivity contribution in [1.29, 1.82) is 0 Å². The number of carboxylic acids is 1. The molecule has 2 aromatic rings. The third-order valence-electron chi connectivity index (χ3n) is 3.34. The number of nitrogens with one attached hydrogen (secondary N) is 3. The van der Waals surface area contributed by atoms with Gasteiger partial charge < -0.3 is 21.1 Å². The van der Waals surface area contributed by atoms with Gasteiger partial charge in [-0.1, -0.05) is 6.07 Å². The first kappa shape index (κ1) is 21.7. The molecule has 0 aliphatic carbocycles. The summed E-state index contributed by atoms with van der Waals surface area (Å²) < 4.78 is 0. The molecule has 0 heterocycles. The Hall–Kier alpha value is -3.59. The van der Waals surface area contributed by atoms with Crippen molar-refractivity contribution in [2.24, 2.45) is 0 Å². The first-order chi connectivity index (χ1) is 13.8. The summed E-state index contributed by atoms with van der Waals surface area (Å²) >= 11 is 1.29. The molecule has 0 spiro atoms. The predicted molar refractivity (Wildman–Crippen MR) is 112 cm³/mol. The van der Waals surface area contributed by atoms with Crippen LogP contribution in [0.3, 0.4) is 0 Å². The van der Waals surface area contributed by atoms with Crippen molar-refractivity contribution in [1.82, 2.24) is 0 Å². The van der Waals surface area contributed by atoms with Crippen molar-refractivity contribution < 1.29 is 24.3 Å². The van der Waals surface area contributed by atoms with E-state index in [1.807, 2.05) is 0 Å². The Kier molecular flexibility index (Phi) is 7.99. The van der Waals surface area contributed by atoms with Crippen LogP contribution >= 0.6 is 11.8 Å². The van der Waals surface area contributed by atoms with Crippen LogP contribution < -0.4 is 16.0 Å². The van der Waals surface area contributed by atoms with Crippen LogP contribution in [0.2, 0.25) is 0 Å². The second-order valence-electron chi connectivity index (χ2n) is 5.78. The molecule has 8 nitrogen and oxygen atoms in total. The lowest BCUT2D eigenvalue weighted by Gasteiger charge is -2.08. The average molecular weight is 413 g/mol. The molecule has 0 unspecified atom stereocenters. The molecule has 2 rings (SSSR count). The van der Waals surface area contributed by atoms with Gasteiger partial charge in [-0.15, -0.1) is 11.8 Å². The molecule has 0 fully saturated rings. The Labute approximate surface area is 171 Å². The third kappa shape index (κ3) is 8.31. The van der Waals surface area contributed by atoms with Gasteiger partial charge in [-0.3, -0.25) is 14.4 Å². The monoisotopic (exact) mass is 413 g/mol. The summed E-state index contributed by atoms with van der Waals surface area (Å²) in [5, 5.41) is 16.5. The van der Waals surface area contributed by atoms with Gasteiger partial charge >= 0.3 is 5.97 Å². The lowest BCUT2D eigenvalue weighted by molar-refractivity contribution is -0.131. The van der Waals surface area contributed by atoms with Crippen LogP contribution in [0.1, 0.15) is 6.92 Å². The fourth-order valence-electron chi connectivity index (χ4n) is 2.18. The lowest BCUT2D eigenvalue weighted by Crippen LogP contribution is -2.14. The van der Waals surface area contributed by atoms with E-state index in [0.717, 1.165) is 17.0 Å². The van der Waals surface area contributed by atoms with E-state index in [1.165, 1.54) is 18.7 Å². The standard InChI is InChI=1S/C20H19N3O5S/c1-13(24)21-14-5-7-15(8-6-14)22-19(26)12-29-17-4-2-3-16(11-17)23-18(25)9-10-20(27)28/h2-11H,12H2,1H3,(H,21,24)(H,22,26)(H,23,25)(H,27,28)/b10-9+. The molecule has 0 radical (unpaired) electrons. The van der Waals surface area contributed by atoms with Gasteiger partial charge in [0.1, 0.15) is 0 Å². The maximum absolute atomic E-state index is 12.1. The van der Waals surface area contributed by atoms with Crippen molar-refractivity contribution in [3.05, 3.63) is 60.7 Å². The SMILES string of the molecule is CC(=O)Nc1ccc(NC(=O)CSc2cccc(NC(=O)/C=C/C(=O)O)c2)cc1. The summed E-state index contributed by atoms with van der Waals surface area (Å²) in [7, 11) is 0. The molecule has 0 aliphatic heterocycles. The quantitative estimate of drug-likeness (QED) is 0.390. The number of hydrogen-bond donors (Lipinski definition) is 4. The highest BCUT2D eigenvalue weighted by atomic mass is 32.2. The Bertz CT molecular complexity index is 941. The summed E-state index contributed by atoms with van der Waals surface area (Å²) in [5.41, 5.74) is 1.74. The molecule has 0 saturated heterocycles. The number of carboxylic acid groups (broad SMARTS) is 1. The molecule has 0 aromatic heterocycles. The predicted octanol–water partition coefficient (Wildman–Crippen LogP) is 2.96. The van der Waals surface area contributed by atoms with E-state index in [0.29, 0.717) is 17.1 Å². The average Bonchev–Trinajstić information content (AvgIpc) is 2.66. The van der Waals surface area contributed by atoms with E-state index >= 15 is 0 Å². The van der Waals surface area contributed by atoms with Gasteiger partial charge in [0.15, 0.2) is 0 Å². The van der Waals surface area contributed by atoms with Crippen molar-refractivity contribution in [2.45, 2.75) is 11.8 Å². The number of hydrogen-bond acceptors (Lipinski definition) is 5. The first-order valence-electron chi connectivity index (χ1n) is 8.44. The second kappa shape index (κ2) is 10.7. The molecular formula is C20H19N3O5S. The van der Waals surface area contributed by atoms with E-state index in [4.69, 9.17) is 5.11 Å². The number of anilines is 3. The molecule has 0 saturated carbocycles. The Morgan fingerprint density at radius 3 is 2.17 bits per heavy atom. The molecule has 0 aliphatic rings. The van der Waals surface area contributed by atoms with Gasteiger partial charge in [0.25, 0.3) is 0 Å². The maximum atomic E-state index is 12.1. The van der Waals surface area contributed by atoms with Crippen molar-refractivity contribution in [2.75, 3.05) is 21.7 Å². The summed E-state index contributed by atoms with van der Waals surface area (Å²) in [5.74, 6) is -1.99. The van der Waals surface area contributed by atoms with Crippen LogP contribution in [0.25, 0.3) is 0 Å². The number of thioether (sulfide) groups is 1. The largest absolute Gasteiger partial charge is 0.478 e. The summed E-state index contributed by atoms with van der Waals surface area (Å²) in [6.45, 7) is 1.42. The zero-order valence-electron chi connectivity index (χ0n) is 15.5. The minimum Gasteiger partial charge on any atom is -0.478 e. The van der Waals surface area contributed by atoms with E-state index in [9.17, 15) is 19.2 Å². The number of rotatable bonds is 8. The molecular weight excluding hydrogens is 394 g/mol. The minimum atomic E-state index is -1.21. The second-order valence-corrected chi connectivity index (χ2v) is 6.83. The molecule has 2 aromatic carbocycles. The number of amides is 3. The van der Waals surface area contributed by atoms with Gasteiger partial charge in [0.05, 0.1) is 5.75 Å². The highest BCUT2D eigenvalue weighted by molar-refractivity contribution is 8.00. The number of carbonyl (C=O) groups is 4. The Morgan fingerprint density at radius 1 is 0.897 bits per heavy atom. The van der Waals surface area contributed by atoms with Crippen LogP contribution in [0.15, 0.2) is 65.6 Å². The topological polar surface area (TPSA) is 125 Å². The zero-order chi connectivity index (χ0) is 21.2. The highest BCUT2D eigenvalue weighted by Gasteiger charge is 2.06. The van der Waals surface area contributed by atoms with Gasteiger partial charge in [0.2, 0.25) is 17.7 Å². The maximum Gasteiger partial charge on any atom is 0.328 e. The molecule has 29 heavy (non-hydrogen) atoms. The van der Waals surface area contributed by atoms with E-state index in [1.54, 1.807) is 48.5 Å². The third-order valence-corrected chi connectivity index (χ3v) is 4.33. The summed E-state index contributed by atoms with van der Waals surface area (Å²) in [4.78, 5) is 45.9. The number of aliphatic carboxylic acids is 1. The van der Waals surface area contributed by atoms with Gasteiger partial charge in [-0.25, -0.2) is 4.79 Å². The van der Waals surface area contributed by atoms with Gasteiger partial charge in [0, 0.05) is 41.0 Å². The van der Waals surface area contributed by atoms with E-state index < -0.39 is 11.9 Å². The van der Waals surface area contributed by atoms with Crippen LogP contribution in [0.4, 0.5) is 17.1 Å². The van der Waals surface area contributed by atoms with Crippen LogP contribution in [0.5, 0.6) is 0 Å². The molecule has 3 amide bonds. The summed E-state index contributed by atoms with van der Waals surface area (Å²) in [6, 6.07) is 13.6. The molecule has 0 bridgehead atoms. The fraction of sp³-hybridized carbons (Fsp3) is 0.100. The van der Waals surface area contributed by atoms with Crippen molar-refractivity contribution >= 4 is 52.5 Å². The Morgan fingerprint density at radius 2 is 1.55 bits per heavy atom. The fourth-order valence-corrected chi connectivity index (χ4v) is 2.94. The van der Waals surface area contributed by atoms with Crippen LogP contribution in [0, 0.1) is 0 Å². The Balaban J connectivity index is 1.86. The van der Waals surface area contributed by atoms with Crippen LogP contribution in [-0.2, 0) is 19.2 Å². The van der Waals surface area contributed by atoms with Gasteiger partial charge in [-0.2, -0.15) is 0 Å².